The van der Waals surface area contributed by atoms with Crippen LogP contribution >= 0.6 is 11.3 Å². The Morgan fingerprint density at radius 2 is 2.28 bits per heavy atom. The number of amides is 1. The second kappa shape index (κ2) is 6.91. The molecule has 0 saturated carbocycles. The van der Waals surface area contributed by atoms with Crippen LogP contribution in [-0.2, 0) is 9.53 Å². The highest BCUT2D eigenvalue weighted by Crippen LogP contribution is 2.33. The maximum atomic E-state index is 13.7. The maximum absolute atomic E-state index is 13.7. The quantitative estimate of drug-likeness (QED) is 0.849. The fourth-order valence-electron chi connectivity index (χ4n) is 2.74. The summed E-state index contributed by atoms with van der Waals surface area (Å²) in [5.74, 6) is -1.38. The maximum Gasteiger partial charge on any atom is 0.340 e. The van der Waals surface area contributed by atoms with Crippen molar-refractivity contribution in [3.63, 3.8) is 0 Å². The normalized spacial score (nSPS) is 16.6. The monoisotopic (exact) mass is 359 g/mol. The van der Waals surface area contributed by atoms with Crippen molar-refractivity contribution in [2.45, 2.75) is 12.5 Å². The zero-order valence-electron chi connectivity index (χ0n) is 13.3. The summed E-state index contributed by atoms with van der Waals surface area (Å²) in [4.78, 5) is 26.0. The Kier molecular flexibility index (Phi) is 4.67. The van der Waals surface area contributed by atoms with E-state index in [1.54, 1.807) is 23.6 Å². The van der Waals surface area contributed by atoms with Crippen LogP contribution in [0, 0.1) is 17.1 Å². The number of anilines is 2. The first kappa shape index (κ1) is 16.9. The lowest BCUT2D eigenvalue weighted by molar-refractivity contribution is -0.117. The van der Waals surface area contributed by atoms with Gasteiger partial charge in [0.05, 0.1) is 18.4 Å². The zero-order chi connectivity index (χ0) is 18.0. The van der Waals surface area contributed by atoms with Gasteiger partial charge in [0.15, 0.2) is 0 Å². The minimum Gasteiger partial charge on any atom is -0.465 e. The van der Waals surface area contributed by atoms with Gasteiger partial charge in [-0.3, -0.25) is 4.79 Å². The van der Waals surface area contributed by atoms with Crippen LogP contribution in [0.5, 0.6) is 0 Å². The standard InChI is InChI=1S/C17H14FN3O3S/c1-24-17(23)10-6-8-25-16(10)21-7-5-14(15(21)22)20-13-4-2-3-12(18)11(13)9-19/h2-4,6,8,14,20H,5,7H2,1H3. The van der Waals surface area contributed by atoms with Crippen molar-refractivity contribution in [2.24, 2.45) is 0 Å². The molecule has 1 atom stereocenters. The number of ether oxygens (including phenoxy) is 1. The van der Waals surface area contributed by atoms with Crippen molar-refractivity contribution in [1.82, 2.24) is 0 Å². The molecule has 1 N–H and O–H groups in total. The minimum absolute atomic E-state index is 0.125. The smallest absolute Gasteiger partial charge is 0.340 e. The van der Waals surface area contributed by atoms with E-state index in [4.69, 9.17) is 10.00 Å². The molecule has 0 aliphatic carbocycles. The fraction of sp³-hybridized carbons (Fsp3) is 0.235. The van der Waals surface area contributed by atoms with Crippen LogP contribution in [-0.4, -0.2) is 31.6 Å². The van der Waals surface area contributed by atoms with Crippen molar-refractivity contribution in [3.05, 3.63) is 46.6 Å². The van der Waals surface area contributed by atoms with Gasteiger partial charge in [0.25, 0.3) is 0 Å². The van der Waals surface area contributed by atoms with Gasteiger partial charge in [0.1, 0.15) is 28.5 Å². The Morgan fingerprint density at radius 1 is 1.48 bits per heavy atom. The van der Waals surface area contributed by atoms with Crippen molar-refractivity contribution in [2.75, 3.05) is 23.9 Å². The largest absolute Gasteiger partial charge is 0.465 e. The highest BCUT2D eigenvalue weighted by Gasteiger charge is 2.35. The summed E-state index contributed by atoms with van der Waals surface area (Å²) in [7, 11) is 1.29. The van der Waals surface area contributed by atoms with Crippen LogP contribution in [0.4, 0.5) is 15.1 Å². The minimum atomic E-state index is -0.638. The molecule has 0 spiro atoms. The van der Waals surface area contributed by atoms with Crippen molar-refractivity contribution in [1.29, 1.82) is 5.26 Å². The molecule has 1 aliphatic rings. The molecule has 25 heavy (non-hydrogen) atoms. The number of esters is 1. The van der Waals surface area contributed by atoms with E-state index in [9.17, 15) is 14.0 Å². The third-order valence-electron chi connectivity index (χ3n) is 3.96. The average molecular weight is 359 g/mol. The molecule has 3 rings (SSSR count). The molecule has 1 aromatic heterocycles. The number of nitrogens with zero attached hydrogens (tertiary/aromatic N) is 2. The predicted molar refractivity (Wildman–Crippen MR) is 91.2 cm³/mol. The first-order valence-corrected chi connectivity index (χ1v) is 8.37. The van der Waals surface area contributed by atoms with E-state index in [2.05, 4.69) is 5.32 Å². The first-order valence-electron chi connectivity index (χ1n) is 7.49. The Balaban J connectivity index is 1.82. The number of carbonyl (C=O) groups excluding carboxylic acids is 2. The number of hydrogen-bond acceptors (Lipinski definition) is 6. The number of hydrogen-bond donors (Lipinski definition) is 1. The Hall–Kier alpha value is -2.92. The number of rotatable bonds is 4. The topological polar surface area (TPSA) is 82.4 Å². The lowest BCUT2D eigenvalue weighted by atomic mass is 10.1. The van der Waals surface area contributed by atoms with E-state index in [-0.39, 0.29) is 17.2 Å². The second-order valence-corrected chi connectivity index (χ2v) is 6.28. The number of nitriles is 1. The van der Waals surface area contributed by atoms with Gasteiger partial charge in [-0.25, -0.2) is 9.18 Å². The van der Waals surface area contributed by atoms with Crippen LogP contribution in [0.2, 0.25) is 0 Å². The fourth-order valence-corrected chi connectivity index (χ4v) is 3.66. The molecule has 2 heterocycles. The van der Waals surface area contributed by atoms with Crippen LogP contribution < -0.4 is 10.2 Å². The van der Waals surface area contributed by atoms with Gasteiger partial charge in [-0.05, 0) is 30.0 Å². The number of nitrogens with one attached hydrogen (secondary N) is 1. The van der Waals surface area contributed by atoms with Crippen molar-refractivity contribution in [3.8, 4) is 6.07 Å². The second-order valence-electron chi connectivity index (χ2n) is 5.38. The number of carbonyl (C=O) groups is 2. The SMILES string of the molecule is COC(=O)c1ccsc1N1CCC(Nc2cccc(F)c2C#N)C1=O. The van der Waals surface area contributed by atoms with Gasteiger partial charge in [0.2, 0.25) is 5.91 Å². The number of halogens is 1. The Bertz CT molecular complexity index is 874. The molecule has 1 aromatic carbocycles. The summed E-state index contributed by atoms with van der Waals surface area (Å²) >= 11 is 1.28. The predicted octanol–water partition coefficient (Wildman–Crippen LogP) is 2.76. The molecule has 0 bridgehead atoms. The van der Waals surface area contributed by atoms with E-state index in [0.29, 0.717) is 23.5 Å². The molecule has 0 radical (unpaired) electrons. The van der Waals surface area contributed by atoms with Crippen molar-refractivity contribution >= 4 is 33.9 Å². The molecule has 128 valence electrons. The van der Waals surface area contributed by atoms with Gasteiger partial charge in [-0.2, -0.15) is 5.26 Å². The van der Waals surface area contributed by atoms with Gasteiger partial charge in [-0.15, -0.1) is 11.3 Å². The summed E-state index contributed by atoms with van der Waals surface area (Å²) in [5.41, 5.74) is 0.493. The van der Waals surface area contributed by atoms with E-state index < -0.39 is 17.8 Å². The van der Waals surface area contributed by atoms with Crippen LogP contribution in [0.3, 0.4) is 0 Å². The zero-order valence-corrected chi connectivity index (χ0v) is 14.1. The molecule has 1 unspecified atom stereocenters. The van der Waals surface area contributed by atoms with Gasteiger partial charge in [0, 0.05) is 6.54 Å². The summed E-state index contributed by atoms with van der Waals surface area (Å²) < 4.78 is 18.4. The molecular formula is C17H14FN3O3S. The van der Waals surface area contributed by atoms with Gasteiger partial charge < -0.3 is 15.0 Å². The summed E-state index contributed by atoms with van der Waals surface area (Å²) in [6.07, 6.45) is 0.471. The average Bonchev–Trinajstić information content (AvgIpc) is 3.22. The lowest BCUT2D eigenvalue weighted by Gasteiger charge is -2.17. The van der Waals surface area contributed by atoms with Gasteiger partial charge >= 0.3 is 5.97 Å². The first-order chi connectivity index (χ1) is 12.1. The van der Waals surface area contributed by atoms with Gasteiger partial charge in [-0.1, -0.05) is 6.07 Å². The molecule has 8 heteroatoms. The molecule has 1 aliphatic heterocycles. The molecule has 1 saturated heterocycles. The molecule has 6 nitrogen and oxygen atoms in total. The van der Waals surface area contributed by atoms with Crippen LogP contribution in [0.15, 0.2) is 29.6 Å². The van der Waals surface area contributed by atoms with E-state index in [0.717, 1.165) is 0 Å². The van der Waals surface area contributed by atoms with E-state index in [1.807, 2.05) is 0 Å². The molecule has 1 fully saturated rings. The van der Waals surface area contributed by atoms with Crippen molar-refractivity contribution < 1.29 is 18.7 Å². The third-order valence-corrected chi connectivity index (χ3v) is 4.89. The summed E-state index contributed by atoms with van der Waals surface area (Å²) in [6.45, 7) is 0.415. The number of benzene rings is 1. The molecular weight excluding hydrogens is 345 g/mol. The summed E-state index contributed by atoms with van der Waals surface area (Å²) in [5, 5.41) is 14.3. The number of thiophene rings is 1. The summed E-state index contributed by atoms with van der Waals surface area (Å²) in [6, 6.07) is 7.05. The molecule has 1 amide bonds. The molecule has 2 aromatic rings. The van der Waals surface area contributed by atoms with Crippen LogP contribution in [0.25, 0.3) is 0 Å². The Morgan fingerprint density at radius 3 is 3.00 bits per heavy atom. The lowest BCUT2D eigenvalue weighted by Crippen LogP contribution is -2.34. The third kappa shape index (κ3) is 3.06. The van der Waals surface area contributed by atoms with E-state index in [1.165, 1.54) is 35.5 Å². The van der Waals surface area contributed by atoms with E-state index >= 15 is 0 Å². The highest BCUT2D eigenvalue weighted by atomic mass is 32.1. The van der Waals surface area contributed by atoms with Crippen LogP contribution in [0.1, 0.15) is 22.3 Å². The highest BCUT2D eigenvalue weighted by molar-refractivity contribution is 7.14. The Labute approximate surface area is 147 Å². The number of methoxy groups -OCH3 is 1.